The molecule has 0 radical (unpaired) electrons. The van der Waals surface area contributed by atoms with Gasteiger partial charge in [-0.05, 0) is 75.6 Å². The number of benzene rings is 1. The van der Waals surface area contributed by atoms with Crippen LogP contribution < -0.4 is 10.1 Å². The number of rotatable bonds is 8. The Labute approximate surface area is 214 Å². The minimum absolute atomic E-state index is 0.0385. The minimum atomic E-state index is -0.368. The molecule has 7 heteroatoms. The molecule has 3 amide bonds. The first-order valence-electron chi connectivity index (χ1n) is 12.6. The molecule has 0 saturated carbocycles. The van der Waals surface area contributed by atoms with E-state index >= 15 is 0 Å². The third kappa shape index (κ3) is 7.23. The zero-order valence-corrected chi connectivity index (χ0v) is 23.1. The molecule has 1 N–H and O–H groups in total. The Kier molecular flexibility index (Phi) is 8.86. The van der Waals surface area contributed by atoms with Crippen LogP contribution in [0.15, 0.2) is 29.6 Å². The summed E-state index contributed by atoms with van der Waals surface area (Å²) in [5, 5.41) is 5.12. The molecule has 0 saturated heterocycles. The second-order valence-corrected chi connectivity index (χ2v) is 11.8. The summed E-state index contributed by atoms with van der Waals surface area (Å²) in [6.45, 7) is 15.8. The lowest BCUT2D eigenvalue weighted by molar-refractivity contribution is -0.135. The number of ether oxygens (including phenoxy) is 1. The molecule has 6 nitrogen and oxygen atoms in total. The fourth-order valence-electron chi connectivity index (χ4n) is 4.38. The van der Waals surface area contributed by atoms with Gasteiger partial charge >= 0.3 is 6.03 Å². The van der Waals surface area contributed by atoms with E-state index in [1.807, 2.05) is 44.7 Å². The molecule has 1 aliphatic rings. The maximum absolute atomic E-state index is 13.7. The van der Waals surface area contributed by atoms with Gasteiger partial charge in [0.15, 0.2) is 0 Å². The van der Waals surface area contributed by atoms with Crippen molar-refractivity contribution in [1.29, 1.82) is 0 Å². The number of nitrogens with one attached hydrogen (secondary N) is 1. The Morgan fingerprint density at radius 1 is 1.26 bits per heavy atom. The Morgan fingerprint density at radius 3 is 2.66 bits per heavy atom. The number of fused-ring (bicyclic) bond motifs is 1. The first kappa shape index (κ1) is 27.1. The molecule has 1 aromatic carbocycles. The molecular formula is C28H41N3O3S. The number of thiophene rings is 1. The quantitative estimate of drug-likeness (QED) is 0.505. The minimum Gasteiger partial charge on any atom is -0.491 e. The standard InChI is InChI=1S/C28H41N3O3S/c1-8-19(2)16-30(27(33)29-28(5,6)7)17-26(32)31-13-11-25-22(12-14-35-25)23(31)18-34-24-10-9-20(3)15-21(24)4/h9-10,12,14-15,19,23H,8,11,13,16-18H2,1-7H3,(H,29,33)/t19-,23+/m0/s1. The number of urea groups is 1. The highest BCUT2D eigenvalue weighted by Crippen LogP contribution is 2.34. The van der Waals surface area contributed by atoms with Gasteiger partial charge in [0.2, 0.25) is 5.91 Å². The summed E-state index contributed by atoms with van der Waals surface area (Å²) >= 11 is 1.74. The van der Waals surface area contributed by atoms with Crippen molar-refractivity contribution in [3.63, 3.8) is 0 Å². The van der Waals surface area contributed by atoms with Crippen molar-refractivity contribution in [3.8, 4) is 5.75 Å². The van der Waals surface area contributed by atoms with E-state index in [9.17, 15) is 9.59 Å². The van der Waals surface area contributed by atoms with Crippen LogP contribution in [0.1, 0.15) is 68.6 Å². The number of aryl methyl sites for hydroxylation is 2. The zero-order chi connectivity index (χ0) is 25.8. The fraction of sp³-hybridized carbons (Fsp3) is 0.571. The van der Waals surface area contributed by atoms with Crippen molar-refractivity contribution >= 4 is 23.3 Å². The van der Waals surface area contributed by atoms with Crippen LogP contribution in [0.25, 0.3) is 0 Å². The van der Waals surface area contributed by atoms with E-state index < -0.39 is 0 Å². The van der Waals surface area contributed by atoms with E-state index in [2.05, 4.69) is 43.6 Å². The average molecular weight is 500 g/mol. The average Bonchev–Trinajstić information content (AvgIpc) is 3.25. The highest BCUT2D eigenvalue weighted by atomic mass is 32.1. The monoisotopic (exact) mass is 499 g/mol. The van der Waals surface area contributed by atoms with Gasteiger partial charge in [-0.1, -0.05) is 38.0 Å². The van der Waals surface area contributed by atoms with Crippen LogP contribution in [0.5, 0.6) is 5.75 Å². The van der Waals surface area contributed by atoms with Gasteiger partial charge in [-0.25, -0.2) is 4.79 Å². The predicted octanol–water partition coefficient (Wildman–Crippen LogP) is 5.73. The van der Waals surface area contributed by atoms with E-state index in [4.69, 9.17) is 4.74 Å². The number of carbonyl (C=O) groups excluding carboxylic acids is 2. The topological polar surface area (TPSA) is 61.9 Å². The third-order valence-corrected chi connectivity index (χ3v) is 7.46. The lowest BCUT2D eigenvalue weighted by atomic mass is 10.00. The van der Waals surface area contributed by atoms with Crippen LogP contribution in [0, 0.1) is 19.8 Å². The van der Waals surface area contributed by atoms with Gasteiger partial charge in [0, 0.05) is 23.5 Å². The normalized spacial score (nSPS) is 16.4. The molecule has 0 spiro atoms. The lowest BCUT2D eigenvalue weighted by Crippen LogP contribution is -2.53. The van der Waals surface area contributed by atoms with Crippen LogP contribution >= 0.6 is 11.3 Å². The fourth-order valence-corrected chi connectivity index (χ4v) is 5.31. The maximum Gasteiger partial charge on any atom is 0.318 e. The molecule has 1 aromatic heterocycles. The van der Waals surface area contributed by atoms with Crippen LogP contribution in [-0.2, 0) is 11.2 Å². The van der Waals surface area contributed by atoms with Crippen molar-refractivity contribution < 1.29 is 14.3 Å². The molecule has 0 unspecified atom stereocenters. The van der Waals surface area contributed by atoms with Crippen molar-refractivity contribution in [3.05, 3.63) is 51.2 Å². The molecule has 35 heavy (non-hydrogen) atoms. The van der Waals surface area contributed by atoms with Gasteiger partial charge < -0.3 is 19.9 Å². The summed E-state index contributed by atoms with van der Waals surface area (Å²) in [4.78, 5) is 31.6. The van der Waals surface area contributed by atoms with Crippen molar-refractivity contribution in [2.45, 2.75) is 72.9 Å². The molecule has 2 aromatic rings. The highest BCUT2D eigenvalue weighted by molar-refractivity contribution is 7.10. The summed E-state index contributed by atoms with van der Waals surface area (Å²) in [5.41, 5.74) is 3.07. The first-order chi connectivity index (χ1) is 16.5. The molecule has 3 rings (SSSR count). The highest BCUT2D eigenvalue weighted by Gasteiger charge is 2.34. The van der Waals surface area contributed by atoms with Gasteiger partial charge in [0.25, 0.3) is 0 Å². The Hall–Kier alpha value is -2.54. The molecule has 0 aliphatic carbocycles. The van der Waals surface area contributed by atoms with Crippen LogP contribution in [0.3, 0.4) is 0 Å². The van der Waals surface area contributed by atoms with E-state index in [1.54, 1.807) is 16.2 Å². The molecule has 192 valence electrons. The largest absolute Gasteiger partial charge is 0.491 e. The van der Waals surface area contributed by atoms with Gasteiger partial charge in [-0.3, -0.25) is 4.79 Å². The van der Waals surface area contributed by atoms with E-state index in [0.29, 0.717) is 25.6 Å². The van der Waals surface area contributed by atoms with Crippen LogP contribution in [0.4, 0.5) is 4.79 Å². The zero-order valence-electron chi connectivity index (χ0n) is 22.3. The van der Waals surface area contributed by atoms with Crippen LogP contribution in [0.2, 0.25) is 0 Å². The number of hydrogen-bond donors (Lipinski definition) is 1. The number of hydrogen-bond acceptors (Lipinski definition) is 4. The Balaban J connectivity index is 1.79. The van der Waals surface area contributed by atoms with E-state index in [0.717, 1.165) is 29.7 Å². The van der Waals surface area contributed by atoms with Gasteiger partial charge in [-0.2, -0.15) is 0 Å². The lowest BCUT2D eigenvalue weighted by Gasteiger charge is -2.38. The maximum atomic E-state index is 13.7. The van der Waals surface area contributed by atoms with E-state index in [-0.39, 0.29) is 30.1 Å². The molecule has 0 bridgehead atoms. The first-order valence-corrected chi connectivity index (χ1v) is 13.5. The SMILES string of the molecule is CC[C@H](C)CN(CC(=O)N1CCc2sccc2[C@H]1COc1ccc(C)cc1C)C(=O)NC(C)(C)C. The van der Waals surface area contributed by atoms with Crippen LogP contribution in [-0.4, -0.2) is 53.5 Å². The van der Waals surface area contributed by atoms with Crippen molar-refractivity contribution in [2.24, 2.45) is 5.92 Å². The summed E-state index contributed by atoms with van der Waals surface area (Å²) in [5.74, 6) is 1.11. The summed E-state index contributed by atoms with van der Waals surface area (Å²) in [6, 6.07) is 7.90. The Bertz CT molecular complexity index is 1030. The van der Waals surface area contributed by atoms with Crippen molar-refractivity contribution in [1.82, 2.24) is 15.1 Å². The molecule has 2 atom stereocenters. The number of nitrogens with zero attached hydrogens (tertiary/aromatic N) is 2. The predicted molar refractivity (Wildman–Crippen MR) is 143 cm³/mol. The summed E-state index contributed by atoms with van der Waals surface area (Å²) in [7, 11) is 0. The second kappa shape index (κ2) is 11.5. The third-order valence-electron chi connectivity index (χ3n) is 6.47. The van der Waals surface area contributed by atoms with Gasteiger partial charge in [-0.15, -0.1) is 11.3 Å². The Morgan fingerprint density at radius 2 is 2.00 bits per heavy atom. The van der Waals surface area contributed by atoms with E-state index in [1.165, 1.54) is 10.4 Å². The number of carbonyl (C=O) groups is 2. The molecule has 0 fully saturated rings. The smallest absolute Gasteiger partial charge is 0.318 e. The van der Waals surface area contributed by atoms with Gasteiger partial charge in [0.05, 0.1) is 6.04 Å². The number of amides is 3. The molecule has 2 heterocycles. The van der Waals surface area contributed by atoms with Crippen molar-refractivity contribution in [2.75, 3.05) is 26.2 Å². The molecule has 1 aliphatic heterocycles. The second-order valence-electron chi connectivity index (χ2n) is 10.8. The molecular weight excluding hydrogens is 458 g/mol. The summed E-state index contributed by atoms with van der Waals surface area (Å²) < 4.78 is 6.26. The van der Waals surface area contributed by atoms with Gasteiger partial charge in [0.1, 0.15) is 18.9 Å². The summed E-state index contributed by atoms with van der Waals surface area (Å²) in [6.07, 6.45) is 1.78.